The molecule has 8 N–H and O–H groups in total. The largest absolute Gasteiger partial charge is 0.508 e. The minimum atomic E-state index is -1.55. The number of halogens is 3. The van der Waals surface area contributed by atoms with Crippen molar-refractivity contribution in [1.29, 1.82) is 0 Å². The zero-order valence-electron chi connectivity index (χ0n) is 72.8. The number of phenolic OH excluding ortho intramolecular Hbond substituents is 1. The molecule has 2 aromatic carbocycles. The van der Waals surface area contributed by atoms with E-state index in [1.807, 2.05) is 108 Å². The molecule has 0 radical (unpaired) electrons. The highest BCUT2D eigenvalue weighted by Gasteiger charge is 2.81. The molecule has 12 aliphatic carbocycles. The first-order valence-corrected chi connectivity index (χ1v) is 44.6. The van der Waals surface area contributed by atoms with E-state index < -0.39 is 111 Å². The van der Waals surface area contributed by atoms with Crippen LogP contribution in [-0.2, 0) is 71.5 Å². The summed E-state index contributed by atoms with van der Waals surface area (Å²) in [4.78, 5) is 95.2. The Balaban J connectivity index is 0.000000220. The minimum Gasteiger partial charge on any atom is -0.508 e. The topological polar surface area (TPSA) is 375 Å². The summed E-state index contributed by atoms with van der Waals surface area (Å²) < 4.78 is 47.0. The molecule has 0 aromatic heterocycles. The number of benzene rings is 2. The lowest BCUT2D eigenvalue weighted by Crippen LogP contribution is -2.68. The Morgan fingerprint density at radius 1 is 0.524 bits per heavy atom. The smallest absolute Gasteiger partial charge is 0.306 e. The molecule has 28 heteroatoms. The predicted molar refractivity (Wildman–Crippen MR) is 482 cm³/mol. The van der Waals surface area contributed by atoms with Crippen molar-refractivity contribution in [2.75, 3.05) is 33.4 Å². The Hall–Kier alpha value is -6.98. The van der Waals surface area contributed by atoms with Gasteiger partial charge in [-0.15, -0.1) is 34.8 Å². The van der Waals surface area contributed by atoms with E-state index >= 15 is 0 Å². The molecule has 0 bridgehead atoms. The average Bonchev–Trinajstić information content (AvgIpc) is 1.49. The number of aliphatic hydroxyl groups excluding tert-OH is 3. The van der Waals surface area contributed by atoms with Crippen LogP contribution >= 0.6 is 34.8 Å². The Kier molecular flexibility index (Phi) is 33.1. The number of alkyl halides is 3. The summed E-state index contributed by atoms with van der Waals surface area (Å²) in [5.74, 6) is -0.605. The first-order valence-electron chi connectivity index (χ1n) is 43.2. The highest BCUT2D eigenvalue weighted by atomic mass is 35.5. The molecule has 14 aliphatic rings. The van der Waals surface area contributed by atoms with E-state index in [1.165, 1.54) is 0 Å². The Bertz CT molecular complexity index is 4570. The van der Waals surface area contributed by atoms with E-state index in [0.29, 0.717) is 68.1 Å². The van der Waals surface area contributed by atoms with Crippen molar-refractivity contribution in [3.05, 3.63) is 131 Å². The van der Waals surface area contributed by atoms with E-state index in [0.717, 1.165) is 34.3 Å². The number of phenols is 1. The van der Waals surface area contributed by atoms with E-state index in [-0.39, 0.29) is 186 Å². The lowest BCUT2D eigenvalue weighted by molar-refractivity contribution is -0.265. The van der Waals surface area contributed by atoms with Crippen LogP contribution in [0.3, 0.4) is 0 Å². The van der Waals surface area contributed by atoms with Crippen LogP contribution in [0.15, 0.2) is 130 Å². The molecule has 0 amide bonds. The summed E-state index contributed by atoms with van der Waals surface area (Å²) in [5, 5.41) is 67.0. The number of aliphatic hydroxyl groups is 3. The molecule has 1 unspecified atom stereocenters. The predicted octanol–water partition coefficient (Wildman–Crippen LogP) is 17.1. The molecule has 2 spiro atoms. The van der Waals surface area contributed by atoms with Crippen molar-refractivity contribution in [2.45, 2.75) is 274 Å². The Morgan fingerprint density at radius 3 is 1.33 bits per heavy atom. The van der Waals surface area contributed by atoms with Gasteiger partial charge in [-0.05, 0) is 185 Å². The van der Waals surface area contributed by atoms with Gasteiger partial charge >= 0.3 is 23.9 Å². The van der Waals surface area contributed by atoms with Gasteiger partial charge in [0.25, 0.3) is 0 Å². The van der Waals surface area contributed by atoms with Gasteiger partial charge in [0.1, 0.15) is 29.4 Å². The van der Waals surface area contributed by atoms with Gasteiger partial charge in [-0.1, -0.05) is 189 Å². The number of Topliss-reactive ketones (excluding diaryl/α,β-unsaturated/α-hetero) is 2. The quantitative estimate of drug-likeness (QED) is 0.0304. The number of nitrogens with zero attached hydrogens (tertiary/aromatic N) is 2. The number of oxime groups is 2. The van der Waals surface area contributed by atoms with Gasteiger partial charge in [-0.3, -0.25) is 33.6 Å². The highest BCUT2D eigenvalue weighted by Crippen LogP contribution is 2.75. The fraction of sp³-hybridized carbons (Fsp3) is 0.663. The molecule has 126 heavy (non-hydrogen) atoms. The monoisotopic (exact) mass is 1820 g/mol. The van der Waals surface area contributed by atoms with E-state index in [4.69, 9.17) is 87.8 Å². The molecule has 16 rings (SSSR count). The third-order valence-electron chi connectivity index (χ3n) is 31.5. The van der Waals surface area contributed by atoms with Crippen molar-refractivity contribution in [2.24, 2.45) is 120 Å². The SMILES string of the molecule is C.C.C.C.CCC(=O)OCC(=O)[C@@]1(OC(=O)CC)[C@H](C)C[C@H]2[C@H]3[C@H]([C@@H](O)C[C@@]21C)[C@@]1(C)C=C/C(=N/O)C=C1C[C@H]3Cl.CCC(=O)OCC(=O)[C@@]1(OC(=O)CC)[C@H](C)C[C@H]2[C@H]3[C@H]([C@@H](O)C[C@@]21C)[C@@]1(C)C=C/C(=N\Oc2cccc(C)c2)C=C1C[C@H]3Cl.C[C@@H]1C[C@H]2[C@H]3[C@H]([C@@H](O)C[C@]2(C)[C@]12OCOC21COCO1)[C@@]1(C)C=CC(=O)C=C1C[C@H]3Cl.Cc1cccc(O)c1.NO. The van der Waals surface area contributed by atoms with Crippen LogP contribution < -0.4 is 10.7 Å². The molecular weight excluding hydrogens is 1680 g/mol. The third kappa shape index (κ3) is 17.3. The number of fused-ring (bicyclic) bond motifs is 17. The number of ketones is 3. The van der Waals surface area contributed by atoms with Gasteiger partial charge in [0.05, 0.1) is 18.3 Å². The van der Waals surface area contributed by atoms with Gasteiger partial charge in [-0.2, -0.15) is 0 Å². The Morgan fingerprint density at radius 2 is 0.921 bits per heavy atom. The number of hydrogen-bond acceptors (Lipinski definition) is 25. The average molecular weight is 1820 g/mol. The molecular formula is C98H140Cl3N3O22. The number of nitrogens with two attached hydrogens (primary N) is 1. The summed E-state index contributed by atoms with van der Waals surface area (Å²) in [6, 6.07) is 14.8. The summed E-state index contributed by atoms with van der Waals surface area (Å²) in [6.07, 6.45) is 20.2. The van der Waals surface area contributed by atoms with Crippen LogP contribution in [-0.4, -0.2) is 174 Å². The molecule has 25 nitrogen and oxygen atoms in total. The molecule has 2 aliphatic heterocycles. The molecule has 2 heterocycles. The van der Waals surface area contributed by atoms with Crippen LogP contribution in [0.4, 0.5) is 0 Å². The number of rotatable bonds is 14. The first-order chi connectivity index (χ1) is 57.7. The summed E-state index contributed by atoms with van der Waals surface area (Å²) in [6.45, 7) is 28.8. The zero-order chi connectivity index (χ0) is 89.2. The lowest BCUT2D eigenvalue weighted by Gasteiger charge is -2.62. The van der Waals surface area contributed by atoms with Crippen molar-refractivity contribution in [3.63, 3.8) is 0 Å². The number of carbonyl (C=O) groups excluding carboxylic acids is 7. The van der Waals surface area contributed by atoms with Gasteiger partial charge in [0.2, 0.25) is 17.4 Å². The van der Waals surface area contributed by atoms with Crippen molar-refractivity contribution >= 4 is 87.5 Å². The number of aromatic hydroxyl groups is 1. The molecule has 2 saturated heterocycles. The van der Waals surface area contributed by atoms with Gasteiger partial charge in [-0.25, -0.2) is 5.90 Å². The van der Waals surface area contributed by atoms with Crippen LogP contribution in [0.25, 0.3) is 0 Å². The molecule has 28 atom stereocenters. The second kappa shape index (κ2) is 40.0. The van der Waals surface area contributed by atoms with E-state index in [2.05, 4.69) is 56.9 Å². The maximum absolute atomic E-state index is 14.1. The number of allylic oxidation sites excluding steroid dienone is 12. The number of aryl methyl sites for hydroxylation is 2. The van der Waals surface area contributed by atoms with E-state index in [1.54, 1.807) is 58.1 Å². The fourth-order valence-electron chi connectivity index (χ4n) is 26.4. The maximum Gasteiger partial charge on any atom is 0.306 e. The second-order valence-corrected chi connectivity index (χ2v) is 39.5. The summed E-state index contributed by atoms with van der Waals surface area (Å²) in [7, 11) is 0. The van der Waals surface area contributed by atoms with E-state index in [9.17, 15) is 54.1 Å². The summed E-state index contributed by atoms with van der Waals surface area (Å²) in [5.41, 5.74) is -0.931. The van der Waals surface area contributed by atoms with Gasteiger partial charge < -0.3 is 73.6 Å². The van der Waals surface area contributed by atoms with Gasteiger partial charge in [0, 0.05) is 104 Å². The third-order valence-corrected chi connectivity index (χ3v) is 32.9. The Labute approximate surface area is 760 Å². The van der Waals surface area contributed by atoms with Crippen LogP contribution in [0.2, 0.25) is 0 Å². The number of esters is 4. The fourth-order valence-corrected chi connectivity index (χ4v) is 27.9. The second-order valence-electron chi connectivity index (χ2n) is 37.8. The number of carbonyl (C=O) groups is 7. The summed E-state index contributed by atoms with van der Waals surface area (Å²) >= 11 is 21.5. The zero-order valence-corrected chi connectivity index (χ0v) is 75.0. The van der Waals surface area contributed by atoms with Crippen molar-refractivity contribution in [1.82, 2.24) is 0 Å². The highest BCUT2D eigenvalue weighted by molar-refractivity contribution is 6.22. The molecule has 700 valence electrons. The normalized spacial score (nSPS) is 40.9. The van der Waals surface area contributed by atoms with Crippen LogP contribution in [0, 0.1) is 117 Å². The molecule has 11 fully saturated rings. The first kappa shape index (κ1) is 104. The molecule has 9 saturated carbocycles. The number of ether oxygens (including phenoxy) is 8. The molecule has 2 aromatic rings. The number of hydrogen-bond donors (Lipinski definition) is 7. The van der Waals surface area contributed by atoms with Crippen LogP contribution in [0.5, 0.6) is 11.5 Å². The van der Waals surface area contributed by atoms with Crippen molar-refractivity contribution in [3.8, 4) is 11.5 Å². The van der Waals surface area contributed by atoms with Crippen molar-refractivity contribution < 1.29 is 107 Å². The minimum absolute atomic E-state index is 0. The standard InChI is InChI=1S/C35H44ClNO7.C28H38ClNO7.C24H31ClO6.C7H8O.4CH4.H3NO/c1-7-29(40)42-19-28(39)35(43-30(41)8-2)21(4)15-25-31-26(36)17-22-16-23(37-44-24-11-9-10-20(3)14-24)12-13-33(22,5)32(31)27(38)18-34(25,35)6;1-6-22(33)36-14-21(32)28(37-23(34)7-2)15(3)10-18-24-19(29)12-16-11-17(30-35)8-9-26(16,4)25(24)20(31)13-27(18,28)5;1-13-6-16-19-17(25)8-14-7-15(26)4-5-21(14,2)20(19)18(27)9-22(16,3)24(13)23(30-12-31-24)10-28-11-29-23;1-6-3-2-4-7(8)5-6;;;;;1-2/h9-14,16,21,25-27,31-32,38H,7-8,15,17-19H2,1-6H3;8-9,11,15,18-20,24-25,31,35H,6-7,10,12-14H2,1-5H3;4-5,7,13,16-20,27H,6,8-12H2,1-3H3;2-5,8H,1H3;4*1H4;2H,1H2/b37-23+;30-17-;;;;;;;/t21-,25+,26-,27+,31-,32+,33+,34+,35+;15-,18+,19-,20+,24-,25+,26+,27+,28+;13-,16+,17-,18+,19-,20+,21+,22+,23?,24-;;;;;;/m111....../s1. The van der Waals surface area contributed by atoms with Crippen LogP contribution in [0.1, 0.15) is 214 Å². The van der Waals surface area contributed by atoms with Gasteiger partial charge in [0.15, 0.2) is 49.5 Å². The lowest BCUT2D eigenvalue weighted by atomic mass is 9.45. The maximum atomic E-state index is 14.1.